The molecule has 2 aliphatic heterocycles. The minimum Gasteiger partial charge on any atom is -0.326 e. The first-order valence-electron chi connectivity index (χ1n) is 10.1. The lowest BCUT2D eigenvalue weighted by Crippen LogP contribution is -2.56. The van der Waals surface area contributed by atoms with Crippen molar-refractivity contribution in [2.24, 2.45) is 5.73 Å². The van der Waals surface area contributed by atoms with Crippen LogP contribution in [0.25, 0.3) is 0 Å². The van der Waals surface area contributed by atoms with Crippen molar-refractivity contribution >= 4 is 10.0 Å². The predicted octanol–water partition coefficient (Wildman–Crippen LogP) is 1.79. The van der Waals surface area contributed by atoms with Crippen LogP contribution in [0.4, 0.5) is 13.2 Å². The van der Waals surface area contributed by atoms with Gasteiger partial charge in [-0.3, -0.25) is 9.80 Å². The number of nitrogens with two attached hydrogens (primary N) is 1. The van der Waals surface area contributed by atoms with Crippen molar-refractivity contribution in [3.8, 4) is 0 Å². The summed E-state index contributed by atoms with van der Waals surface area (Å²) in [4.78, 5) is 3.91. The average Bonchev–Trinajstić information content (AvgIpc) is 3.22. The first kappa shape index (κ1) is 22.3. The number of benzene rings is 1. The van der Waals surface area contributed by atoms with E-state index in [2.05, 4.69) is 10.00 Å². The van der Waals surface area contributed by atoms with E-state index in [0.717, 1.165) is 34.1 Å². The highest BCUT2D eigenvalue weighted by atomic mass is 32.2. The number of rotatable bonds is 5. The maximum Gasteiger partial charge on any atom is 0.250 e. The van der Waals surface area contributed by atoms with E-state index in [0.29, 0.717) is 31.7 Å². The molecule has 1 saturated heterocycles. The van der Waals surface area contributed by atoms with E-state index in [-0.39, 0.29) is 18.2 Å². The second-order valence-electron chi connectivity index (χ2n) is 8.54. The molecule has 1 unspecified atom stereocenters. The lowest BCUT2D eigenvalue weighted by atomic mass is 9.87. The molecule has 170 valence electrons. The van der Waals surface area contributed by atoms with Gasteiger partial charge in [-0.25, -0.2) is 21.6 Å². The first-order chi connectivity index (χ1) is 14.5. The fraction of sp³-hybridized carbons (Fsp3) is 0.550. The summed E-state index contributed by atoms with van der Waals surface area (Å²) in [5.74, 6) is -1.13. The zero-order valence-corrected chi connectivity index (χ0v) is 18.2. The number of hydrogen-bond acceptors (Lipinski definition) is 6. The summed E-state index contributed by atoms with van der Waals surface area (Å²) in [5, 5.41) is 4.17. The van der Waals surface area contributed by atoms with Crippen LogP contribution >= 0.6 is 0 Å². The molecule has 31 heavy (non-hydrogen) atoms. The molecule has 0 saturated carbocycles. The zero-order valence-electron chi connectivity index (χ0n) is 17.4. The normalized spacial score (nSPS) is 26.2. The molecule has 0 aliphatic carbocycles. The molecule has 3 heterocycles. The topological polar surface area (TPSA) is 84.5 Å². The van der Waals surface area contributed by atoms with Crippen molar-refractivity contribution in [1.29, 1.82) is 0 Å². The quantitative estimate of drug-likeness (QED) is 0.737. The smallest absolute Gasteiger partial charge is 0.250 e. The molecular formula is C20H26F3N5O2S. The van der Waals surface area contributed by atoms with E-state index in [4.69, 9.17) is 5.73 Å². The van der Waals surface area contributed by atoms with E-state index < -0.39 is 39.9 Å². The van der Waals surface area contributed by atoms with Crippen LogP contribution in [0, 0.1) is 11.6 Å². The van der Waals surface area contributed by atoms with Gasteiger partial charge in [-0.15, -0.1) is 0 Å². The number of fused-ring (bicyclic) bond motifs is 1. The van der Waals surface area contributed by atoms with Crippen molar-refractivity contribution < 1.29 is 21.6 Å². The number of nitrogens with zero attached hydrogens (tertiary/aromatic N) is 4. The van der Waals surface area contributed by atoms with Crippen molar-refractivity contribution in [3.63, 3.8) is 0 Å². The van der Waals surface area contributed by atoms with Crippen molar-refractivity contribution in [3.05, 3.63) is 52.9 Å². The molecule has 4 atom stereocenters. The zero-order chi connectivity index (χ0) is 22.5. The lowest BCUT2D eigenvalue weighted by Gasteiger charge is -2.46. The summed E-state index contributed by atoms with van der Waals surface area (Å²) in [6.45, 7) is 2.85. The summed E-state index contributed by atoms with van der Waals surface area (Å²) in [5.41, 5.74) is 8.08. The van der Waals surface area contributed by atoms with Crippen LogP contribution in [0.5, 0.6) is 0 Å². The molecule has 0 spiro atoms. The maximum absolute atomic E-state index is 14.5. The summed E-state index contributed by atoms with van der Waals surface area (Å²) in [6.07, 6.45) is 1.95. The number of aromatic nitrogens is 2. The minimum absolute atomic E-state index is 0.0458. The van der Waals surface area contributed by atoms with E-state index in [1.807, 2.05) is 0 Å². The van der Waals surface area contributed by atoms with Crippen LogP contribution in [-0.4, -0.2) is 65.0 Å². The van der Waals surface area contributed by atoms with E-state index in [1.165, 1.54) is 13.1 Å². The number of piperidine rings is 1. The molecule has 2 aliphatic rings. The van der Waals surface area contributed by atoms with Crippen molar-refractivity contribution in [1.82, 2.24) is 19.0 Å². The highest BCUT2D eigenvalue weighted by Crippen LogP contribution is 2.36. The molecule has 4 rings (SSSR count). The fourth-order valence-corrected chi connectivity index (χ4v) is 5.26. The Morgan fingerprint density at radius 1 is 1.29 bits per heavy atom. The molecule has 11 heteroatoms. The maximum atomic E-state index is 14.5. The number of likely N-dealkylation sites (tertiary alicyclic amines) is 1. The minimum atomic E-state index is -3.45. The van der Waals surface area contributed by atoms with E-state index >= 15 is 0 Å². The molecule has 0 radical (unpaired) electrons. The third-order valence-electron chi connectivity index (χ3n) is 5.99. The predicted molar refractivity (Wildman–Crippen MR) is 109 cm³/mol. The highest BCUT2D eigenvalue weighted by molar-refractivity contribution is 7.89. The first-order valence-corrected chi connectivity index (χ1v) is 12.0. The average molecular weight is 458 g/mol. The summed E-state index contributed by atoms with van der Waals surface area (Å²) in [7, 11) is -3.45. The Kier molecular flexibility index (Phi) is 5.88. The summed E-state index contributed by atoms with van der Waals surface area (Å²) in [6, 6.07) is 2.04. The van der Waals surface area contributed by atoms with E-state index in [1.54, 1.807) is 4.90 Å². The Morgan fingerprint density at radius 3 is 2.68 bits per heavy atom. The van der Waals surface area contributed by atoms with Gasteiger partial charge < -0.3 is 5.73 Å². The number of hydrogen-bond donors (Lipinski definition) is 1. The molecule has 0 amide bonds. The molecule has 2 aromatic rings. The molecule has 1 aromatic carbocycles. The Morgan fingerprint density at radius 2 is 2.03 bits per heavy atom. The van der Waals surface area contributed by atoms with Crippen LogP contribution < -0.4 is 5.73 Å². The van der Waals surface area contributed by atoms with Crippen LogP contribution in [-0.2, 0) is 23.1 Å². The standard InChI is InChI=1S/C20H26F3N5O2S/c1-12(21)7-27-10-15(6-18(24)20(27)16-5-14(22)3-4-17(16)23)26-8-13-9-28(31(2,29)30)25-19(13)11-26/h3-5,9,12,15,18,20H,6-8,10-11,24H2,1-2H3/t12-,15-,18+,20?/m1/s1. The molecule has 7 nitrogen and oxygen atoms in total. The number of alkyl halides is 1. The van der Waals surface area contributed by atoms with Gasteiger partial charge >= 0.3 is 0 Å². The van der Waals surface area contributed by atoms with Crippen LogP contribution in [0.1, 0.15) is 36.2 Å². The van der Waals surface area contributed by atoms with Gasteiger partial charge in [0, 0.05) is 55.6 Å². The van der Waals surface area contributed by atoms with Crippen LogP contribution in [0.3, 0.4) is 0 Å². The molecule has 1 aromatic heterocycles. The second-order valence-corrected chi connectivity index (χ2v) is 10.4. The Balaban J connectivity index is 1.56. The van der Waals surface area contributed by atoms with Gasteiger partial charge in [-0.05, 0) is 31.5 Å². The number of halogens is 3. The highest BCUT2D eigenvalue weighted by Gasteiger charge is 2.41. The molecule has 2 N–H and O–H groups in total. The third kappa shape index (κ3) is 4.50. The Bertz CT molecular complexity index is 1050. The third-order valence-corrected chi connectivity index (χ3v) is 6.86. The monoisotopic (exact) mass is 457 g/mol. The second kappa shape index (κ2) is 8.19. The van der Waals surface area contributed by atoms with Gasteiger partial charge in [0.25, 0.3) is 10.0 Å². The van der Waals surface area contributed by atoms with Crippen LogP contribution in [0.2, 0.25) is 0 Å². The fourth-order valence-electron chi connectivity index (χ4n) is 4.70. The van der Waals surface area contributed by atoms with Crippen molar-refractivity contribution in [2.45, 2.75) is 50.7 Å². The molecule has 0 bridgehead atoms. The largest absolute Gasteiger partial charge is 0.326 e. The van der Waals surface area contributed by atoms with E-state index in [9.17, 15) is 21.6 Å². The SMILES string of the molecule is C[C@@H](F)CN1C[C@H](N2Cc3cn(S(C)(=O)=O)nc3C2)C[C@H](N)C1c1cc(F)ccc1F. The lowest BCUT2D eigenvalue weighted by molar-refractivity contribution is 0.0287. The summed E-state index contributed by atoms with van der Waals surface area (Å²) >= 11 is 0. The van der Waals surface area contributed by atoms with Gasteiger partial charge in [0.1, 0.15) is 17.8 Å². The van der Waals surface area contributed by atoms with Crippen molar-refractivity contribution in [2.75, 3.05) is 19.3 Å². The molecular weight excluding hydrogens is 431 g/mol. The van der Waals surface area contributed by atoms with Crippen LogP contribution in [0.15, 0.2) is 24.4 Å². The van der Waals surface area contributed by atoms with Gasteiger partial charge in [0.2, 0.25) is 0 Å². The summed E-state index contributed by atoms with van der Waals surface area (Å²) < 4.78 is 66.7. The van der Waals surface area contributed by atoms with Gasteiger partial charge in [-0.1, -0.05) is 0 Å². The Labute approximate surface area is 179 Å². The molecule has 1 fully saturated rings. The van der Waals surface area contributed by atoms with Gasteiger partial charge in [-0.2, -0.15) is 9.19 Å². The van der Waals surface area contributed by atoms with Gasteiger partial charge in [0.05, 0.1) is 18.0 Å². The Hall–Kier alpha value is -1.95. The van der Waals surface area contributed by atoms with Gasteiger partial charge in [0.15, 0.2) is 0 Å².